The number of hydrogen-bond donors (Lipinski definition) is 2. The van der Waals surface area contributed by atoms with Gasteiger partial charge in [0.1, 0.15) is 31.1 Å². The van der Waals surface area contributed by atoms with Gasteiger partial charge in [-0.15, -0.1) is 11.6 Å². The van der Waals surface area contributed by atoms with Gasteiger partial charge < -0.3 is 24.4 Å². The molecule has 0 radical (unpaired) electrons. The Balaban J connectivity index is 0.00000102. The number of nitrogens with one attached hydrogen (secondary N) is 1. The van der Waals surface area contributed by atoms with Crippen molar-refractivity contribution in [2.45, 2.75) is 89.2 Å². The Morgan fingerprint density at radius 2 is 1.58 bits per heavy atom. The van der Waals surface area contributed by atoms with Crippen molar-refractivity contribution in [2.75, 3.05) is 76.3 Å². The van der Waals surface area contributed by atoms with Crippen LogP contribution in [0.2, 0.25) is 5.02 Å². The number of fused-ring (bicyclic) bond motifs is 1. The van der Waals surface area contributed by atoms with Crippen LogP contribution >= 0.6 is 23.2 Å². The van der Waals surface area contributed by atoms with E-state index in [9.17, 15) is 32.8 Å². The summed E-state index contributed by atoms with van der Waals surface area (Å²) in [5, 5.41) is 19.7. The van der Waals surface area contributed by atoms with Crippen LogP contribution in [-0.4, -0.2) is 140 Å². The summed E-state index contributed by atoms with van der Waals surface area (Å²) in [6.07, 6.45) is 1.98. The average Bonchev–Trinajstić information content (AvgIpc) is 3.76. The summed E-state index contributed by atoms with van der Waals surface area (Å²) in [7, 11) is 1.78. The number of rotatable bonds is 15. The molecule has 4 saturated heterocycles. The maximum absolute atomic E-state index is 13.4. The largest absolute Gasteiger partial charge is 0.490 e. The summed E-state index contributed by atoms with van der Waals surface area (Å²) in [4.78, 5) is 66.5. The summed E-state index contributed by atoms with van der Waals surface area (Å²) >= 11 is 12.4. The first-order valence-corrected chi connectivity index (χ1v) is 26.5. The highest BCUT2D eigenvalue weighted by Crippen LogP contribution is 2.39. The maximum Gasteiger partial charge on any atom is 0.490 e. The molecule has 17 nitrogen and oxygen atoms in total. The number of hydrogen-bond acceptors (Lipinski definition) is 13. The molecule has 1 atom stereocenters. The molecule has 4 fully saturated rings. The second-order valence-electron chi connectivity index (χ2n) is 20.3. The molecule has 2 N–H and O–H groups in total. The van der Waals surface area contributed by atoms with Gasteiger partial charge in [0.25, 0.3) is 0 Å². The lowest BCUT2D eigenvalue weighted by Crippen LogP contribution is -2.54. The van der Waals surface area contributed by atoms with Crippen LogP contribution in [0, 0.1) is 17.2 Å². The van der Waals surface area contributed by atoms with Gasteiger partial charge in [-0.1, -0.05) is 49.7 Å². The molecule has 0 bridgehead atoms. The van der Waals surface area contributed by atoms with Crippen LogP contribution in [-0.2, 0) is 40.0 Å². The van der Waals surface area contributed by atoms with Crippen molar-refractivity contribution in [2.24, 2.45) is 13.0 Å². The third-order valence-electron chi connectivity index (χ3n) is 15.1. The highest BCUT2D eigenvalue weighted by molar-refractivity contribution is 6.32. The first-order valence-electron chi connectivity index (χ1n) is 25.6. The number of carboxylic acid groups (broad SMARTS) is 1. The van der Waals surface area contributed by atoms with E-state index >= 15 is 0 Å². The Labute approximate surface area is 449 Å². The number of aryl methyl sites for hydroxylation is 1. The number of likely N-dealkylation sites (tertiary alicyclic amines) is 2. The molecule has 9 rings (SSSR count). The van der Waals surface area contributed by atoms with Crippen LogP contribution < -0.4 is 25.4 Å². The minimum Gasteiger partial charge on any atom is -0.489 e. The van der Waals surface area contributed by atoms with E-state index in [0.29, 0.717) is 47.2 Å². The number of aromatic nitrogens is 4. The van der Waals surface area contributed by atoms with Gasteiger partial charge in [-0.25, -0.2) is 19.6 Å². The van der Waals surface area contributed by atoms with Crippen molar-refractivity contribution in [3.63, 3.8) is 0 Å². The van der Waals surface area contributed by atoms with E-state index in [1.807, 2.05) is 60.8 Å². The summed E-state index contributed by atoms with van der Waals surface area (Å²) in [5.41, 5.74) is 5.19. The number of piperidine rings is 3. The number of imide groups is 1. The fraction of sp³-hybridized carbons (Fsp3) is 0.500. The van der Waals surface area contributed by atoms with E-state index in [1.165, 1.54) is 12.8 Å². The zero-order valence-electron chi connectivity index (χ0n) is 42.8. The molecule has 0 spiro atoms. The van der Waals surface area contributed by atoms with E-state index in [1.54, 1.807) is 16.2 Å². The molecule has 5 aromatic rings. The molecule has 1 unspecified atom stereocenters. The van der Waals surface area contributed by atoms with E-state index in [4.69, 9.17) is 47.6 Å². The number of benzene rings is 3. The van der Waals surface area contributed by atoms with Gasteiger partial charge >= 0.3 is 17.8 Å². The number of alkyl halides is 4. The molecule has 3 aromatic carbocycles. The summed E-state index contributed by atoms with van der Waals surface area (Å²) < 4.78 is 46.8. The molecule has 22 heteroatoms. The van der Waals surface area contributed by atoms with Gasteiger partial charge in [0, 0.05) is 70.4 Å². The Kier molecular flexibility index (Phi) is 18.0. The topological polar surface area (TPSA) is 191 Å². The van der Waals surface area contributed by atoms with Crippen LogP contribution in [0.5, 0.6) is 11.5 Å². The number of carboxylic acids is 1. The number of carbonyl (C=O) groups is 3. The quantitative estimate of drug-likeness (QED) is 0.0785. The lowest BCUT2D eigenvalue weighted by molar-refractivity contribution is -0.192. The molecule has 0 saturated carbocycles. The predicted octanol–water partition coefficient (Wildman–Crippen LogP) is 7.29. The Hall–Kier alpha value is -6.24. The van der Waals surface area contributed by atoms with Crippen LogP contribution in [0.3, 0.4) is 0 Å². The average molecular weight is 1090 g/mol. The van der Waals surface area contributed by atoms with E-state index in [0.717, 1.165) is 123 Å². The molecule has 6 heterocycles. The van der Waals surface area contributed by atoms with E-state index < -0.39 is 29.5 Å². The molecular weight excluding hydrogens is 1030 g/mol. The number of ether oxygens (including phenoxy) is 2. The first kappa shape index (κ1) is 56.0. The van der Waals surface area contributed by atoms with E-state index in [2.05, 4.69) is 55.9 Å². The molecule has 406 valence electrons. The van der Waals surface area contributed by atoms with Crippen LogP contribution in [0.25, 0.3) is 11.0 Å². The van der Waals surface area contributed by atoms with Crippen molar-refractivity contribution < 1.29 is 42.1 Å². The van der Waals surface area contributed by atoms with Gasteiger partial charge in [-0.05, 0) is 117 Å². The lowest BCUT2D eigenvalue weighted by atomic mass is 9.77. The third-order valence-corrected chi connectivity index (χ3v) is 15.5. The SMILES string of the molecule is Cn1c(=O)n(C2CCC(=O)NC2=O)c2cccc(CN3CCC(CN4CCC(N5CCN(c6nccc(COc7ccc(C(C)(C)c8cc(Cl)c(OCCCl)c(C#N)c8)cc7)n6)CC5)CC4)CC3)c21.O=C(O)C(F)(F)F. The smallest absolute Gasteiger partial charge is 0.489 e. The number of carbonyl (C=O) groups excluding carboxylic acids is 2. The first-order chi connectivity index (χ1) is 36.3. The van der Waals surface area contributed by atoms with Crippen molar-refractivity contribution >= 4 is 58.0 Å². The Morgan fingerprint density at radius 1 is 0.895 bits per heavy atom. The van der Waals surface area contributed by atoms with Crippen LogP contribution in [0.15, 0.2) is 71.7 Å². The number of piperazine rings is 1. The highest BCUT2D eigenvalue weighted by Gasteiger charge is 2.38. The second kappa shape index (κ2) is 24.4. The number of amides is 2. The number of imidazole rings is 1. The highest BCUT2D eigenvalue weighted by atomic mass is 35.5. The number of aliphatic carboxylic acids is 1. The zero-order valence-corrected chi connectivity index (χ0v) is 44.3. The monoisotopic (exact) mass is 1090 g/mol. The zero-order chi connectivity index (χ0) is 54.3. The fourth-order valence-electron chi connectivity index (χ4n) is 10.8. The van der Waals surface area contributed by atoms with Crippen molar-refractivity contribution in [3.8, 4) is 17.6 Å². The fourth-order valence-corrected chi connectivity index (χ4v) is 11.1. The maximum atomic E-state index is 13.4. The molecule has 4 aliphatic heterocycles. The normalized spacial score (nSPS) is 18.7. The number of anilines is 1. The van der Waals surface area contributed by atoms with E-state index in [-0.39, 0.29) is 24.6 Å². The summed E-state index contributed by atoms with van der Waals surface area (Å²) in [6, 6.07) is 21.7. The van der Waals surface area contributed by atoms with Gasteiger partial charge in [-0.2, -0.15) is 18.4 Å². The van der Waals surface area contributed by atoms with Gasteiger partial charge in [0.05, 0.1) is 33.2 Å². The number of nitriles is 1. The van der Waals surface area contributed by atoms with Gasteiger partial charge in [0.2, 0.25) is 17.8 Å². The summed E-state index contributed by atoms with van der Waals surface area (Å²) in [5.74, 6) is -0.638. The summed E-state index contributed by atoms with van der Waals surface area (Å²) in [6.45, 7) is 14.8. The molecule has 4 aliphatic rings. The Bertz CT molecular complexity index is 2980. The molecule has 0 aliphatic carbocycles. The number of nitrogens with zero attached hydrogens (tertiary/aromatic N) is 9. The van der Waals surface area contributed by atoms with Crippen LogP contribution in [0.4, 0.5) is 19.1 Å². The van der Waals surface area contributed by atoms with Crippen LogP contribution in [0.1, 0.15) is 86.4 Å². The molecule has 76 heavy (non-hydrogen) atoms. The number of halogens is 5. The van der Waals surface area contributed by atoms with Gasteiger partial charge in [0.15, 0.2) is 5.75 Å². The Morgan fingerprint density at radius 3 is 2.22 bits per heavy atom. The van der Waals surface area contributed by atoms with Crippen molar-refractivity contribution in [3.05, 3.63) is 110 Å². The second-order valence-corrected chi connectivity index (χ2v) is 21.1. The molecular formula is C54H63Cl2F3N10O7. The molecule has 2 amide bonds. The lowest BCUT2D eigenvalue weighted by Gasteiger charge is -2.43. The standard InChI is InChI=1S/C52H62Cl2N10O5.C2HF3O2/c1-52(2,39-29-37(31-55)48(43(54)30-39)68-28-18-53)38-7-9-42(10-8-38)69-34-40-13-19-56-50(57-40)63-26-24-62(25-27-63)41-16-22-60(23-17-41)32-35-14-20-61(21-15-35)33-36-5-4-6-44-47(36)59(3)51(67)64(44)45-11-12-46(65)58-49(45)66;3-2(4,5)1(6)7/h4-10,13,19,29-30,35,41,45H,11-12,14-18,20-28,32-34H2,1-3H3,(H,58,65,66);(H,6,7). The minimum absolute atomic E-state index is 0.226. The predicted molar refractivity (Wildman–Crippen MR) is 281 cm³/mol. The number of para-hydroxylation sites is 1. The minimum atomic E-state index is -5.08. The van der Waals surface area contributed by atoms with Gasteiger partial charge in [-0.3, -0.25) is 33.8 Å². The third kappa shape index (κ3) is 13.1. The van der Waals surface area contributed by atoms with Crippen molar-refractivity contribution in [1.82, 2.24) is 39.1 Å². The van der Waals surface area contributed by atoms with Crippen molar-refractivity contribution in [1.29, 1.82) is 5.26 Å². The molecule has 2 aromatic heterocycles.